The standard InChI is InChI=1S/C18H24O2/c1-15(2,3)13(19)17-9-7-8-11(9)18(17,12(8)10(7)17)14(20)16(4,5)6/h7-12H,1-6H3. The number of carbonyl (C=O) groups is 2. The Morgan fingerprint density at radius 1 is 0.650 bits per heavy atom. The van der Waals surface area contributed by atoms with Gasteiger partial charge in [0.2, 0.25) is 0 Å². The number of ketones is 2. The average Bonchev–Trinajstić information content (AvgIpc) is 2.34. The summed E-state index contributed by atoms with van der Waals surface area (Å²) in [5, 5.41) is 0. The lowest BCUT2D eigenvalue weighted by atomic mass is 8.90. The Morgan fingerprint density at radius 3 is 1.10 bits per heavy atom. The summed E-state index contributed by atoms with van der Waals surface area (Å²) in [5.74, 6) is 4.87. The zero-order chi connectivity index (χ0) is 14.6. The van der Waals surface area contributed by atoms with Crippen LogP contribution in [-0.4, -0.2) is 11.6 Å². The molecule has 0 amide bonds. The van der Waals surface area contributed by atoms with E-state index in [0.717, 1.165) is 11.8 Å². The molecular weight excluding hydrogens is 248 g/mol. The molecule has 0 bridgehead atoms. The monoisotopic (exact) mass is 272 g/mol. The number of hydrogen-bond donors (Lipinski definition) is 0. The van der Waals surface area contributed by atoms with Crippen LogP contribution >= 0.6 is 0 Å². The molecule has 6 aliphatic rings. The van der Waals surface area contributed by atoms with Crippen LogP contribution in [0.15, 0.2) is 0 Å². The summed E-state index contributed by atoms with van der Waals surface area (Å²) in [4.78, 5) is 26.3. The van der Waals surface area contributed by atoms with Crippen LogP contribution in [0.4, 0.5) is 0 Å². The third kappa shape index (κ3) is 0.651. The summed E-state index contributed by atoms with van der Waals surface area (Å²) in [6, 6.07) is 0. The van der Waals surface area contributed by atoms with Crippen LogP contribution in [0.25, 0.3) is 0 Å². The predicted octanol–water partition coefficient (Wildman–Crippen LogP) is 2.95. The van der Waals surface area contributed by atoms with Crippen LogP contribution in [0, 0.1) is 57.2 Å². The highest BCUT2D eigenvalue weighted by atomic mass is 16.1. The molecule has 0 aromatic rings. The molecule has 4 unspecified atom stereocenters. The average molecular weight is 272 g/mol. The van der Waals surface area contributed by atoms with Crippen molar-refractivity contribution in [1.82, 2.24) is 0 Å². The maximum absolute atomic E-state index is 13.1. The van der Waals surface area contributed by atoms with Gasteiger partial charge in [-0.1, -0.05) is 41.5 Å². The van der Waals surface area contributed by atoms with Crippen molar-refractivity contribution in [3.05, 3.63) is 0 Å². The molecule has 0 saturated heterocycles. The first kappa shape index (κ1) is 11.9. The van der Waals surface area contributed by atoms with Gasteiger partial charge in [0, 0.05) is 21.7 Å². The first-order valence-electron chi connectivity index (χ1n) is 8.15. The Kier molecular flexibility index (Phi) is 1.47. The van der Waals surface area contributed by atoms with E-state index in [1.807, 2.05) is 41.5 Å². The second-order valence-corrected chi connectivity index (χ2v) is 10.2. The first-order valence-corrected chi connectivity index (χ1v) is 8.15. The lowest BCUT2D eigenvalue weighted by molar-refractivity contribution is -0.627. The van der Waals surface area contributed by atoms with Gasteiger partial charge in [-0.25, -0.2) is 0 Å². The lowest BCUT2D eigenvalue weighted by Gasteiger charge is -3.11. The van der Waals surface area contributed by atoms with Crippen molar-refractivity contribution in [2.24, 2.45) is 57.2 Å². The minimum absolute atomic E-state index is 0.204. The quantitative estimate of drug-likeness (QED) is 0.774. The van der Waals surface area contributed by atoms with Crippen LogP contribution in [0.2, 0.25) is 0 Å². The number of hydrogen-bond acceptors (Lipinski definition) is 2. The summed E-state index contributed by atoms with van der Waals surface area (Å²) in [6.45, 7) is 12.2. The van der Waals surface area contributed by atoms with Crippen molar-refractivity contribution in [3.8, 4) is 0 Å². The molecular formula is C18H24O2. The fraction of sp³-hybridized carbons (Fsp3) is 0.889. The molecule has 0 aromatic heterocycles. The van der Waals surface area contributed by atoms with E-state index in [9.17, 15) is 9.59 Å². The van der Waals surface area contributed by atoms with Crippen molar-refractivity contribution >= 4 is 11.6 Å². The maximum atomic E-state index is 13.1. The molecule has 6 fully saturated rings. The molecule has 0 heterocycles. The molecule has 6 saturated carbocycles. The van der Waals surface area contributed by atoms with Gasteiger partial charge in [0.05, 0.1) is 0 Å². The summed E-state index contributed by atoms with van der Waals surface area (Å²) in [7, 11) is 0. The number of rotatable bonds is 2. The Morgan fingerprint density at radius 2 is 0.900 bits per heavy atom. The Balaban J connectivity index is 1.62. The smallest absolute Gasteiger partial charge is 0.145 e. The normalized spacial score (nSPS) is 59.3. The highest BCUT2D eigenvalue weighted by Gasteiger charge is 3.13. The highest BCUT2D eigenvalue weighted by Crippen LogP contribution is 3.11. The van der Waals surface area contributed by atoms with Gasteiger partial charge in [-0.05, 0) is 35.5 Å². The molecule has 0 aliphatic heterocycles. The summed E-state index contributed by atoms with van der Waals surface area (Å²) in [5.41, 5.74) is -1.01. The second-order valence-electron chi connectivity index (χ2n) is 10.2. The van der Waals surface area contributed by atoms with Crippen LogP contribution in [0.1, 0.15) is 41.5 Å². The fourth-order valence-electron chi connectivity index (χ4n) is 7.76. The highest BCUT2D eigenvalue weighted by molar-refractivity contribution is 6.09. The van der Waals surface area contributed by atoms with Gasteiger partial charge in [-0.2, -0.15) is 0 Å². The molecule has 0 radical (unpaired) electrons. The fourth-order valence-corrected chi connectivity index (χ4v) is 7.76. The van der Waals surface area contributed by atoms with E-state index in [2.05, 4.69) is 0 Å². The molecule has 2 heteroatoms. The molecule has 4 atom stereocenters. The molecule has 0 aromatic carbocycles. The van der Waals surface area contributed by atoms with E-state index in [-0.39, 0.29) is 21.7 Å². The molecule has 6 aliphatic carbocycles. The zero-order valence-electron chi connectivity index (χ0n) is 13.3. The minimum atomic E-state index is -0.301. The van der Waals surface area contributed by atoms with Crippen LogP contribution in [0.3, 0.4) is 0 Å². The Labute approximate surface area is 120 Å². The van der Waals surface area contributed by atoms with Gasteiger partial charge >= 0.3 is 0 Å². The summed E-state index contributed by atoms with van der Waals surface area (Å²) >= 11 is 0. The minimum Gasteiger partial charge on any atom is -0.298 e. The maximum Gasteiger partial charge on any atom is 0.145 e. The van der Waals surface area contributed by atoms with Gasteiger partial charge < -0.3 is 0 Å². The topological polar surface area (TPSA) is 34.1 Å². The largest absolute Gasteiger partial charge is 0.298 e. The zero-order valence-corrected chi connectivity index (χ0v) is 13.3. The SMILES string of the molecule is CC(C)(C)C(=O)C12C3C4C5C3C1(C(=O)C(C)(C)C)C5C42. The number of carbonyl (C=O) groups excluding carboxylic acids is 2. The van der Waals surface area contributed by atoms with E-state index in [4.69, 9.17) is 0 Å². The van der Waals surface area contributed by atoms with Crippen molar-refractivity contribution in [3.63, 3.8) is 0 Å². The number of Topliss-reactive ketones (excluding diaryl/α,β-unsaturated/α-hetero) is 2. The van der Waals surface area contributed by atoms with Crippen molar-refractivity contribution in [2.45, 2.75) is 41.5 Å². The van der Waals surface area contributed by atoms with E-state index in [1.54, 1.807) is 0 Å². The molecule has 20 heavy (non-hydrogen) atoms. The van der Waals surface area contributed by atoms with Gasteiger partial charge in [-0.3, -0.25) is 9.59 Å². The first-order chi connectivity index (χ1) is 9.05. The third-order valence-electron chi connectivity index (χ3n) is 7.78. The van der Waals surface area contributed by atoms with E-state index >= 15 is 0 Å². The second kappa shape index (κ2) is 2.46. The molecule has 0 spiro atoms. The van der Waals surface area contributed by atoms with Crippen molar-refractivity contribution in [2.75, 3.05) is 0 Å². The molecule has 108 valence electrons. The van der Waals surface area contributed by atoms with Gasteiger partial charge in [-0.15, -0.1) is 0 Å². The molecule has 0 N–H and O–H groups in total. The summed E-state index contributed by atoms with van der Waals surface area (Å²) < 4.78 is 0. The predicted molar refractivity (Wildman–Crippen MR) is 74.7 cm³/mol. The van der Waals surface area contributed by atoms with Crippen LogP contribution < -0.4 is 0 Å². The Hall–Kier alpha value is -0.660. The molecule has 2 nitrogen and oxygen atoms in total. The van der Waals surface area contributed by atoms with Gasteiger partial charge in [0.1, 0.15) is 11.6 Å². The lowest BCUT2D eigenvalue weighted by Crippen LogP contribution is -3.13. The molecule has 6 rings (SSSR count). The van der Waals surface area contributed by atoms with E-state index in [0.29, 0.717) is 35.2 Å². The third-order valence-corrected chi connectivity index (χ3v) is 7.78. The van der Waals surface area contributed by atoms with Crippen molar-refractivity contribution in [1.29, 1.82) is 0 Å². The summed E-state index contributed by atoms with van der Waals surface area (Å²) in [6.07, 6.45) is 0. The van der Waals surface area contributed by atoms with Crippen LogP contribution in [-0.2, 0) is 9.59 Å². The van der Waals surface area contributed by atoms with Crippen molar-refractivity contribution < 1.29 is 9.59 Å². The Bertz CT molecular complexity index is 526. The van der Waals surface area contributed by atoms with Crippen LogP contribution in [0.5, 0.6) is 0 Å². The van der Waals surface area contributed by atoms with Gasteiger partial charge in [0.25, 0.3) is 0 Å². The van der Waals surface area contributed by atoms with Gasteiger partial charge in [0.15, 0.2) is 0 Å². The van der Waals surface area contributed by atoms with E-state index < -0.39 is 0 Å². The van der Waals surface area contributed by atoms with E-state index in [1.165, 1.54) is 0 Å².